The van der Waals surface area contributed by atoms with Crippen LogP contribution in [0.1, 0.15) is 6.23 Å². The second-order valence-electron chi connectivity index (χ2n) is 4.58. The van der Waals surface area contributed by atoms with E-state index in [2.05, 4.69) is 20.0 Å². The molecule has 2 aromatic heterocycles. The topological polar surface area (TPSA) is 149 Å². The molecule has 4 atom stereocenters. The maximum atomic E-state index is 10.0. The number of azide groups is 1. The van der Waals surface area contributed by atoms with Crippen LogP contribution >= 0.6 is 0 Å². The highest BCUT2D eigenvalue weighted by molar-refractivity contribution is 5.85. The van der Waals surface area contributed by atoms with Gasteiger partial charge in [-0.15, -0.1) is 0 Å². The number of hydrogen-bond acceptors (Lipinski definition) is 7. The van der Waals surface area contributed by atoms with Crippen molar-refractivity contribution in [3.05, 3.63) is 29.0 Å². The fourth-order valence-corrected chi connectivity index (χ4v) is 2.39. The predicted molar refractivity (Wildman–Crippen MR) is 69.3 cm³/mol. The van der Waals surface area contributed by atoms with Gasteiger partial charge in [-0.3, -0.25) is 0 Å². The molecule has 10 nitrogen and oxygen atoms in total. The maximum Gasteiger partial charge on any atom is 0.164 e. The van der Waals surface area contributed by atoms with Crippen LogP contribution in [0.15, 0.2) is 23.7 Å². The Morgan fingerprint density at radius 2 is 2.19 bits per heavy atom. The number of aliphatic hydroxyl groups excluding tert-OH is 3. The zero-order chi connectivity index (χ0) is 15.0. The third-order valence-electron chi connectivity index (χ3n) is 3.42. The van der Waals surface area contributed by atoms with E-state index in [-0.39, 0.29) is 5.82 Å². The Bertz CT molecular complexity index is 712. The largest absolute Gasteiger partial charge is 0.394 e. The van der Waals surface area contributed by atoms with Gasteiger partial charge in [0.25, 0.3) is 0 Å². The summed E-state index contributed by atoms with van der Waals surface area (Å²) in [7, 11) is 0. The first kappa shape index (κ1) is 13.7. The molecule has 0 aromatic carbocycles. The molecule has 3 rings (SSSR count). The number of ether oxygens (including phenoxy) is 1. The van der Waals surface area contributed by atoms with Gasteiger partial charge in [0.1, 0.15) is 36.1 Å². The lowest BCUT2D eigenvalue weighted by Gasteiger charge is -2.17. The highest BCUT2D eigenvalue weighted by atomic mass is 16.6. The Kier molecular flexibility index (Phi) is 3.45. The molecule has 0 amide bonds. The summed E-state index contributed by atoms with van der Waals surface area (Å²) in [5, 5.41) is 32.9. The molecule has 0 radical (unpaired) electrons. The number of fused-ring (bicyclic) bond motifs is 1. The molecule has 2 aromatic rings. The minimum Gasteiger partial charge on any atom is -0.394 e. The Morgan fingerprint density at radius 3 is 2.86 bits per heavy atom. The molecule has 0 unspecified atom stereocenters. The van der Waals surface area contributed by atoms with E-state index in [9.17, 15) is 10.2 Å². The van der Waals surface area contributed by atoms with Crippen molar-refractivity contribution in [2.45, 2.75) is 24.5 Å². The Labute approximate surface area is 117 Å². The Balaban J connectivity index is 2.06. The number of aliphatic hydroxyl groups is 3. The summed E-state index contributed by atoms with van der Waals surface area (Å²) in [6.07, 6.45) is -1.38. The monoisotopic (exact) mass is 292 g/mol. The van der Waals surface area contributed by atoms with Gasteiger partial charge in [0.15, 0.2) is 6.23 Å². The van der Waals surface area contributed by atoms with Gasteiger partial charge >= 0.3 is 0 Å². The van der Waals surface area contributed by atoms with Gasteiger partial charge in [-0.05, 0) is 16.7 Å². The SMILES string of the molecule is [N-]=[N+]=Nc1ncnc2c1ccn2[C@@H]1O[C@H](CO)[C@@H](O)[C@H]1O. The number of hydrogen-bond donors (Lipinski definition) is 3. The van der Waals surface area contributed by atoms with Crippen molar-refractivity contribution >= 4 is 16.9 Å². The first-order valence-electron chi connectivity index (χ1n) is 6.16. The van der Waals surface area contributed by atoms with Gasteiger partial charge in [0, 0.05) is 16.5 Å². The van der Waals surface area contributed by atoms with Crippen LogP contribution in [0.25, 0.3) is 21.5 Å². The van der Waals surface area contributed by atoms with E-state index in [0.717, 1.165) is 0 Å². The Morgan fingerprint density at radius 1 is 1.38 bits per heavy atom. The summed E-state index contributed by atoms with van der Waals surface area (Å²) in [5.74, 6) is 0.160. The van der Waals surface area contributed by atoms with Gasteiger partial charge < -0.3 is 24.6 Å². The molecule has 1 aliphatic heterocycles. The first-order chi connectivity index (χ1) is 10.2. The van der Waals surface area contributed by atoms with Crippen molar-refractivity contribution in [1.29, 1.82) is 0 Å². The van der Waals surface area contributed by atoms with Crippen LogP contribution < -0.4 is 0 Å². The van der Waals surface area contributed by atoms with Crippen molar-refractivity contribution in [2.75, 3.05) is 6.61 Å². The van der Waals surface area contributed by atoms with Crippen molar-refractivity contribution in [3.8, 4) is 0 Å². The zero-order valence-electron chi connectivity index (χ0n) is 10.7. The maximum absolute atomic E-state index is 10.0. The fraction of sp³-hybridized carbons (Fsp3) is 0.455. The summed E-state index contributed by atoms with van der Waals surface area (Å²) in [6.45, 7) is -0.410. The summed E-state index contributed by atoms with van der Waals surface area (Å²) < 4.78 is 6.93. The molecule has 1 fully saturated rings. The van der Waals surface area contributed by atoms with E-state index in [4.69, 9.17) is 15.4 Å². The minimum atomic E-state index is -1.21. The standard InChI is InChI=1S/C11H12N6O4/c12-16-15-9-5-1-2-17(10(5)14-4-13-9)11-8(20)7(19)6(3-18)21-11/h1-2,4,6-8,11,18-20H,3H2/t6-,7-,8-,11-/m1/s1. The van der Waals surface area contributed by atoms with Crippen LogP contribution in [0.5, 0.6) is 0 Å². The van der Waals surface area contributed by atoms with Crippen LogP contribution in [0, 0.1) is 0 Å². The van der Waals surface area contributed by atoms with Crippen LogP contribution in [0.4, 0.5) is 5.82 Å². The summed E-state index contributed by atoms with van der Waals surface area (Å²) in [6, 6.07) is 1.62. The summed E-state index contributed by atoms with van der Waals surface area (Å²) >= 11 is 0. The quantitative estimate of drug-likeness (QED) is 0.411. The fourth-order valence-electron chi connectivity index (χ4n) is 2.39. The van der Waals surface area contributed by atoms with E-state index >= 15 is 0 Å². The van der Waals surface area contributed by atoms with Crippen molar-refractivity contribution < 1.29 is 20.1 Å². The van der Waals surface area contributed by atoms with Gasteiger partial charge in [-0.25, -0.2) is 9.97 Å². The lowest BCUT2D eigenvalue weighted by atomic mass is 10.1. The highest BCUT2D eigenvalue weighted by Crippen LogP contribution is 2.33. The molecule has 10 heteroatoms. The normalized spacial score (nSPS) is 28.7. The lowest BCUT2D eigenvalue weighted by molar-refractivity contribution is -0.0508. The van der Waals surface area contributed by atoms with E-state index < -0.39 is 31.1 Å². The highest BCUT2D eigenvalue weighted by Gasteiger charge is 2.43. The van der Waals surface area contributed by atoms with E-state index in [1.807, 2.05) is 0 Å². The average molecular weight is 292 g/mol. The van der Waals surface area contributed by atoms with Crippen LogP contribution in [0.2, 0.25) is 0 Å². The number of nitrogens with zero attached hydrogens (tertiary/aromatic N) is 6. The van der Waals surface area contributed by atoms with Crippen molar-refractivity contribution in [3.63, 3.8) is 0 Å². The molecule has 3 N–H and O–H groups in total. The Hall–Kier alpha value is -2.23. The van der Waals surface area contributed by atoms with E-state index in [1.165, 1.54) is 10.9 Å². The van der Waals surface area contributed by atoms with E-state index in [0.29, 0.717) is 11.0 Å². The van der Waals surface area contributed by atoms with Gasteiger partial charge in [0.05, 0.1) is 6.61 Å². The van der Waals surface area contributed by atoms with Gasteiger partial charge in [-0.1, -0.05) is 0 Å². The number of rotatable bonds is 3. The van der Waals surface area contributed by atoms with Crippen molar-refractivity contribution in [2.24, 2.45) is 5.11 Å². The molecule has 110 valence electrons. The molecular weight excluding hydrogens is 280 g/mol. The third kappa shape index (κ3) is 2.11. The van der Waals surface area contributed by atoms with Crippen molar-refractivity contribution in [1.82, 2.24) is 14.5 Å². The molecule has 0 spiro atoms. The molecule has 0 aliphatic carbocycles. The minimum absolute atomic E-state index is 0.160. The molecule has 21 heavy (non-hydrogen) atoms. The van der Waals surface area contributed by atoms with Crippen LogP contribution in [-0.2, 0) is 4.74 Å². The average Bonchev–Trinajstić information content (AvgIpc) is 3.03. The van der Waals surface area contributed by atoms with Crippen LogP contribution in [0.3, 0.4) is 0 Å². The van der Waals surface area contributed by atoms with E-state index in [1.54, 1.807) is 12.3 Å². The molecule has 1 aliphatic rings. The summed E-state index contributed by atoms with van der Waals surface area (Å²) in [5.41, 5.74) is 8.90. The predicted octanol–water partition coefficient (Wildman–Crippen LogP) is -0.0154. The zero-order valence-corrected chi connectivity index (χ0v) is 10.7. The molecular formula is C11H12N6O4. The molecule has 0 bridgehead atoms. The van der Waals surface area contributed by atoms with Gasteiger partial charge in [0.2, 0.25) is 0 Å². The third-order valence-corrected chi connectivity index (χ3v) is 3.42. The molecule has 0 saturated carbocycles. The van der Waals surface area contributed by atoms with Gasteiger partial charge in [-0.2, -0.15) is 0 Å². The lowest BCUT2D eigenvalue weighted by Crippen LogP contribution is -2.33. The number of aromatic nitrogens is 3. The second-order valence-corrected chi connectivity index (χ2v) is 4.58. The molecule has 3 heterocycles. The van der Waals surface area contributed by atoms with Crippen LogP contribution in [-0.4, -0.2) is 54.8 Å². The second kappa shape index (κ2) is 5.28. The molecule has 1 saturated heterocycles. The first-order valence-corrected chi connectivity index (χ1v) is 6.16. The summed E-state index contributed by atoms with van der Waals surface area (Å²) in [4.78, 5) is 10.6. The smallest absolute Gasteiger partial charge is 0.164 e.